The number of carboxylic acid groups (broad SMARTS) is 1. The number of rotatable bonds is 6. The van der Waals surface area contributed by atoms with Crippen LogP contribution in [0.2, 0.25) is 5.02 Å². The highest BCUT2D eigenvalue weighted by molar-refractivity contribution is 7.13. The van der Waals surface area contributed by atoms with Crippen molar-refractivity contribution in [3.05, 3.63) is 69.9 Å². The van der Waals surface area contributed by atoms with E-state index >= 15 is 0 Å². The van der Waals surface area contributed by atoms with Crippen LogP contribution in [0.1, 0.15) is 11.3 Å². The van der Waals surface area contributed by atoms with Crippen molar-refractivity contribution in [3.8, 4) is 16.3 Å². The van der Waals surface area contributed by atoms with E-state index in [1.807, 2.05) is 12.1 Å². The number of carbonyl (C=O) groups is 1. The van der Waals surface area contributed by atoms with E-state index in [1.54, 1.807) is 29.6 Å². The third-order valence-corrected chi connectivity index (χ3v) is 4.72. The SMILES string of the molecule is O=C(O)Cc1csc(-c2ccc(OCc3c(F)cccc3Cl)cc2)n1. The number of hydrogen-bond acceptors (Lipinski definition) is 4. The average Bonchev–Trinajstić information content (AvgIpc) is 3.02. The highest BCUT2D eigenvalue weighted by Gasteiger charge is 2.10. The molecule has 7 heteroatoms. The van der Waals surface area contributed by atoms with Gasteiger partial charge in [0, 0.05) is 16.5 Å². The second-order valence-electron chi connectivity index (χ2n) is 5.23. The number of nitrogens with zero attached hydrogens (tertiary/aromatic N) is 1. The van der Waals surface area contributed by atoms with Crippen LogP contribution in [0, 0.1) is 5.82 Å². The topological polar surface area (TPSA) is 59.4 Å². The molecule has 1 aromatic heterocycles. The molecule has 0 atom stereocenters. The van der Waals surface area contributed by atoms with E-state index in [-0.39, 0.29) is 13.0 Å². The molecule has 0 aliphatic carbocycles. The Morgan fingerprint density at radius 2 is 2.00 bits per heavy atom. The van der Waals surface area contributed by atoms with E-state index in [0.717, 1.165) is 10.6 Å². The maximum atomic E-state index is 13.7. The number of aromatic nitrogens is 1. The number of aliphatic carboxylic acids is 1. The predicted molar refractivity (Wildman–Crippen MR) is 94.6 cm³/mol. The lowest BCUT2D eigenvalue weighted by atomic mass is 10.2. The molecule has 0 saturated heterocycles. The van der Waals surface area contributed by atoms with Crippen LogP contribution in [0.5, 0.6) is 5.75 Å². The van der Waals surface area contributed by atoms with Crippen molar-refractivity contribution in [2.45, 2.75) is 13.0 Å². The molecule has 3 aromatic rings. The Hall–Kier alpha value is -2.44. The summed E-state index contributed by atoms with van der Waals surface area (Å²) in [4.78, 5) is 15.0. The lowest BCUT2D eigenvalue weighted by molar-refractivity contribution is -0.136. The van der Waals surface area contributed by atoms with Gasteiger partial charge in [0.15, 0.2) is 0 Å². The van der Waals surface area contributed by atoms with Crippen LogP contribution in [0.15, 0.2) is 47.8 Å². The fourth-order valence-electron chi connectivity index (χ4n) is 2.20. The van der Waals surface area contributed by atoms with E-state index < -0.39 is 11.8 Å². The number of benzene rings is 2. The fraction of sp³-hybridized carbons (Fsp3) is 0.111. The minimum absolute atomic E-state index is 0.0326. The Bertz CT molecular complexity index is 875. The molecule has 0 amide bonds. The van der Waals surface area contributed by atoms with Crippen LogP contribution >= 0.6 is 22.9 Å². The van der Waals surface area contributed by atoms with Gasteiger partial charge in [0.05, 0.1) is 17.1 Å². The summed E-state index contributed by atoms with van der Waals surface area (Å²) in [5.74, 6) is -0.740. The first-order valence-corrected chi connectivity index (χ1v) is 8.61. The van der Waals surface area contributed by atoms with Gasteiger partial charge in [-0.15, -0.1) is 11.3 Å². The van der Waals surface area contributed by atoms with E-state index in [4.69, 9.17) is 21.4 Å². The number of hydrogen-bond donors (Lipinski definition) is 1. The Kier molecular flexibility index (Phi) is 5.31. The molecule has 2 aromatic carbocycles. The van der Waals surface area contributed by atoms with Crippen LogP contribution < -0.4 is 4.74 Å². The molecule has 0 saturated carbocycles. The van der Waals surface area contributed by atoms with Gasteiger partial charge in [-0.05, 0) is 36.4 Å². The maximum Gasteiger partial charge on any atom is 0.309 e. The molecule has 0 unspecified atom stereocenters. The molecule has 0 aliphatic heterocycles. The van der Waals surface area contributed by atoms with Crippen molar-refractivity contribution >= 4 is 28.9 Å². The van der Waals surface area contributed by atoms with Crippen molar-refractivity contribution < 1.29 is 19.0 Å². The molecule has 0 aliphatic rings. The lowest BCUT2D eigenvalue weighted by Gasteiger charge is -2.09. The molecule has 0 radical (unpaired) electrons. The highest BCUT2D eigenvalue weighted by Crippen LogP contribution is 2.27. The van der Waals surface area contributed by atoms with Crippen LogP contribution in [0.4, 0.5) is 4.39 Å². The van der Waals surface area contributed by atoms with E-state index in [0.29, 0.717) is 22.0 Å². The summed E-state index contributed by atoms with van der Waals surface area (Å²) in [5.41, 5.74) is 1.70. The average molecular weight is 378 g/mol. The number of ether oxygens (including phenoxy) is 1. The summed E-state index contributed by atoms with van der Waals surface area (Å²) in [7, 11) is 0. The molecular formula is C18H13ClFNO3S. The number of carboxylic acids is 1. The van der Waals surface area contributed by atoms with E-state index in [2.05, 4.69) is 4.98 Å². The largest absolute Gasteiger partial charge is 0.489 e. The third kappa shape index (κ3) is 4.35. The summed E-state index contributed by atoms with van der Waals surface area (Å²) in [5, 5.41) is 11.6. The summed E-state index contributed by atoms with van der Waals surface area (Å²) in [6.07, 6.45) is -0.0961. The van der Waals surface area contributed by atoms with Crippen LogP contribution in [0.3, 0.4) is 0 Å². The Balaban J connectivity index is 1.68. The zero-order valence-electron chi connectivity index (χ0n) is 12.9. The van der Waals surface area contributed by atoms with Crippen molar-refractivity contribution in [1.29, 1.82) is 0 Å². The molecule has 1 N–H and O–H groups in total. The summed E-state index contributed by atoms with van der Waals surface area (Å²) in [6.45, 7) is 0.0326. The van der Waals surface area contributed by atoms with Gasteiger partial charge in [-0.1, -0.05) is 17.7 Å². The molecule has 0 bridgehead atoms. The van der Waals surface area contributed by atoms with Crippen LogP contribution in [0.25, 0.3) is 10.6 Å². The van der Waals surface area contributed by atoms with Gasteiger partial charge in [-0.2, -0.15) is 0 Å². The minimum atomic E-state index is -0.910. The highest BCUT2D eigenvalue weighted by atomic mass is 35.5. The summed E-state index contributed by atoms with van der Waals surface area (Å²) in [6, 6.07) is 11.6. The predicted octanol–water partition coefficient (Wildman–Crippen LogP) is 4.81. The third-order valence-electron chi connectivity index (χ3n) is 3.43. The normalized spacial score (nSPS) is 10.6. The minimum Gasteiger partial charge on any atom is -0.489 e. The van der Waals surface area contributed by atoms with Gasteiger partial charge < -0.3 is 9.84 Å². The second-order valence-corrected chi connectivity index (χ2v) is 6.49. The lowest BCUT2D eigenvalue weighted by Crippen LogP contribution is -2.00. The molecule has 0 spiro atoms. The molecule has 1 heterocycles. The second kappa shape index (κ2) is 7.63. The van der Waals surface area contributed by atoms with Crippen molar-refractivity contribution in [2.75, 3.05) is 0 Å². The van der Waals surface area contributed by atoms with Gasteiger partial charge in [0.1, 0.15) is 23.2 Å². The van der Waals surface area contributed by atoms with Crippen LogP contribution in [-0.2, 0) is 17.8 Å². The fourth-order valence-corrected chi connectivity index (χ4v) is 3.24. The Morgan fingerprint density at radius 3 is 2.68 bits per heavy atom. The van der Waals surface area contributed by atoms with E-state index in [9.17, 15) is 9.18 Å². The van der Waals surface area contributed by atoms with Crippen molar-refractivity contribution in [1.82, 2.24) is 4.98 Å². The van der Waals surface area contributed by atoms with Gasteiger partial charge in [-0.3, -0.25) is 4.79 Å². The molecule has 128 valence electrons. The molecular weight excluding hydrogens is 365 g/mol. The van der Waals surface area contributed by atoms with Crippen molar-refractivity contribution in [2.24, 2.45) is 0 Å². The number of halogens is 2. The first-order chi connectivity index (χ1) is 12.0. The number of thiazole rings is 1. The Morgan fingerprint density at radius 1 is 1.24 bits per heavy atom. The van der Waals surface area contributed by atoms with Gasteiger partial charge in [-0.25, -0.2) is 9.37 Å². The zero-order chi connectivity index (χ0) is 17.8. The molecule has 0 fully saturated rings. The standard InChI is InChI=1S/C18H13ClFNO3S/c19-15-2-1-3-16(20)14(15)9-24-13-6-4-11(5-7-13)18-21-12(10-25-18)8-17(22)23/h1-7,10H,8-9H2,(H,22,23). The maximum absolute atomic E-state index is 13.7. The van der Waals surface area contributed by atoms with Gasteiger partial charge in [0.2, 0.25) is 0 Å². The smallest absolute Gasteiger partial charge is 0.309 e. The van der Waals surface area contributed by atoms with Gasteiger partial charge >= 0.3 is 5.97 Å². The van der Waals surface area contributed by atoms with E-state index in [1.165, 1.54) is 17.4 Å². The van der Waals surface area contributed by atoms with Gasteiger partial charge in [0.25, 0.3) is 0 Å². The monoisotopic (exact) mass is 377 g/mol. The zero-order valence-corrected chi connectivity index (χ0v) is 14.5. The first kappa shape index (κ1) is 17.4. The first-order valence-electron chi connectivity index (χ1n) is 7.35. The Labute approximate surface area is 152 Å². The summed E-state index contributed by atoms with van der Waals surface area (Å²) >= 11 is 7.35. The summed E-state index contributed by atoms with van der Waals surface area (Å²) < 4.78 is 19.3. The molecule has 3 rings (SSSR count). The molecule has 4 nitrogen and oxygen atoms in total. The molecule has 25 heavy (non-hydrogen) atoms. The van der Waals surface area contributed by atoms with Crippen molar-refractivity contribution in [3.63, 3.8) is 0 Å². The van der Waals surface area contributed by atoms with Crippen LogP contribution in [-0.4, -0.2) is 16.1 Å². The quantitative estimate of drug-likeness (QED) is 0.669.